The van der Waals surface area contributed by atoms with Crippen LogP contribution in [0.2, 0.25) is 0 Å². The van der Waals surface area contributed by atoms with Crippen molar-refractivity contribution >= 4 is 34.0 Å². The summed E-state index contributed by atoms with van der Waals surface area (Å²) in [6.45, 7) is 3.31. The lowest BCUT2D eigenvalue weighted by atomic mass is 10.2. The van der Waals surface area contributed by atoms with Gasteiger partial charge < -0.3 is 9.64 Å². The molecule has 1 aliphatic heterocycles. The number of amides is 2. The first-order chi connectivity index (χ1) is 14.1. The Morgan fingerprint density at radius 1 is 1.17 bits per heavy atom. The predicted octanol–water partition coefficient (Wildman–Crippen LogP) is 4.59. The number of carbonyl (C=O) groups excluding carboxylic acids is 2. The Morgan fingerprint density at radius 3 is 2.59 bits per heavy atom. The zero-order chi connectivity index (χ0) is 20.2. The van der Waals surface area contributed by atoms with Crippen LogP contribution < -0.4 is 15.0 Å². The van der Waals surface area contributed by atoms with Crippen LogP contribution >= 0.6 is 11.3 Å². The first-order valence-corrected chi connectivity index (χ1v) is 10.4. The quantitative estimate of drug-likeness (QED) is 0.649. The maximum absolute atomic E-state index is 12.5. The van der Waals surface area contributed by atoms with Crippen LogP contribution in [-0.2, 0) is 4.79 Å². The molecule has 0 atom stereocenters. The molecular formula is C22H21N3O3S. The molecule has 4 rings (SSSR count). The SMILES string of the molecule is CCOc1ccc(-c2csc(NC(=O)c3ccc(N4CCCC4=O)cc3)n2)cc1. The van der Waals surface area contributed by atoms with Crippen molar-refractivity contribution in [3.63, 3.8) is 0 Å². The Hall–Kier alpha value is -3.19. The molecule has 0 saturated carbocycles. The standard InChI is InChI=1S/C22H21N3O3S/c1-2-28-18-11-7-15(8-12-18)19-14-29-22(23-19)24-21(27)16-5-9-17(10-6-16)25-13-3-4-20(25)26/h5-12,14H,2-4,13H2,1H3,(H,23,24,27). The van der Waals surface area contributed by atoms with Gasteiger partial charge in [0.25, 0.3) is 5.91 Å². The van der Waals surface area contributed by atoms with Gasteiger partial charge in [-0.25, -0.2) is 4.98 Å². The van der Waals surface area contributed by atoms with Gasteiger partial charge in [-0.3, -0.25) is 14.9 Å². The zero-order valence-electron chi connectivity index (χ0n) is 16.1. The average Bonchev–Trinajstić information content (AvgIpc) is 3.38. The van der Waals surface area contributed by atoms with Gasteiger partial charge in [0.15, 0.2) is 5.13 Å². The highest BCUT2D eigenvalue weighted by Crippen LogP contribution is 2.27. The van der Waals surface area contributed by atoms with E-state index in [1.54, 1.807) is 17.0 Å². The maximum Gasteiger partial charge on any atom is 0.257 e. The Bertz CT molecular complexity index is 1010. The summed E-state index contributed by atoms with van der Waals surface area (Å²) in [6.07, 6.45) is 1.46. The van der Waals surface area contributed by atoms with Crippen molar-refractivity contribution in [2.75, 3.05) is 23.4 Å². The van der Waals surface area contributed by atoms with E-state index in [1.165, 1.54) is 11.3 Å². The third-order valence-corrected chi connectivity index (χ3v) is 5.46. The minimum Gasteiger partial charge on any atom is -0.494 e. The Balaban J connectivity index is 1.41. The van der Waals surface area contributed by atoms with Gasteiger partial charge in [-0.05, 0) is 61.9 Å². The molecule has 7 heteroatoms. The summed E-state index contributed by atoms with van der Waals surface area (Å²) in [4.78, 5) is 30.6. The van der Waals surface area contributed by atoms with Gasteiger partial charge in [0.2, 0.25) is 5.91 Å². The van der Waals surface area contributed by atoms with Crippen LogP contribution in [0, 0.1) is 0 Å². The monoisotopic (exact) mass is 407 g/mol. The molecule has 1 saturated heterocycles. The van der Waals surface area contributed by atoms with Crippen LogP contribution in [0.15, 0.2) is 53.9 Å². The van der Waals surface area contributed by atoms with Gasteiger partial charge in [0, 0.05) is 35.2 Å². The number of benzene rings is 2. The van der Waals surface area contributed by atoms with Crippen molar-refractivity contribution in [2.45, 2.75) is 19.8 Å². The molecule has 1 aromatic heterocycles. The van der Waals surface area contributed by atoms with E-state index >= 15 is 0 Å². The van der Waals surface area contributed by atoms with Crippen molar-refractivity contribution in [2.24, 2.45) is 0 Å². The Morgan fingerprint density at radius 2 is 1.93 bits per heavy atom. The highest BCUT2D eigenvalue weighted by Gasteiger charge is 2.21. The molecule has 2 aromatic carbocycles. The fourth-order valence-corrected chi connectivity index (χ4v) is 3.95. The van der Waals surface area contributed by atoms with Gasteiger partial charge >= 0.3 is 0 Å². The number of ether oxygens (including phenoxy) is 1. The summed E-state index contributed by atoms with van der Waals surface area (Å²) in [5.74, 6) is 0.725. The third-order valence-electron chi connectivity index (χ3n) is 4.70. The van der Waals surface area contributed by atoms with E-state index in [0.717, 1.165) is 35.7 Å². The van der Waals surface area contributed by atoms with Gasteiger partial charge in [-0.15, -0.1) is 11.3 Å². The summed E-state index contributed by atoms with van der Waals surface area (Å²) in [5.41, 5.74) is 3.12. The number of rotatable bonds is 6. The number of anilines is 2. The second-order valence-corrected chi connectivity index (χ2v) is 7.50. The molecule has 148 valence electrons. The smallest absolute Gasteiger partial charge is 0.257 e. The molecule has 2 heterocycles. The summed E-state index contributed by atoms with van der Waals surface area (Å²) in [5, 5.41) is 5.29. The molecule has 1 N–H and O–H groups in total. The predicted molar refractivity (Wildman–Crippen MR) is 115 cm³/mol. The molecule has 2 amide bonds. The number of nitrogens with one attached hydrogen (secondary N) is 1. The molecule has 3 aromatic rings. The molecule has 29 heavy (non-hydrogen) atoms. The highest BCUT2D eigenvalue weighted by atomic mass is 32.1. The van der Waals surface area contributed by atoms with E-state index in [-0.39, 0.29) is 11.8 Å². The molecule has 0 radical (unpaired) electrons. The number of hydrogen-bond donors (Lipinski definition) is 1. The maximum atomic E-state index is 12.5. The molecular weight excluding hydrogens is 386 g/mol. The fourth-order valence-electron chi connectivity index (χ4n) is 3.24. The second-order valence-electron chi connectivity index (χ2n) is 6.65. The molecule has 1 fully saturated rings. The average molecular weight is 407 g/mol. The number of aromatic nitrogens is 1. The minimum absolute atomic E-state index is 0.131. The lowest BCUT2D eigenvalue weighted by Gasteiger charge is -2.15. The van der Waals surface area contributed by atoms with E-state index in [0.29, 0.717) is 23.7 Å². The van der Waals surface area contributed by atoms with Crippen molar-refractivity contribution < 1.29 is 14.3 Å². The zero-order valence-corrected chi connectivity index (χ0v) is 16.9. The number of nitrogens with zero attached hydrogens (tertiary/aromatic N) is 2. The molecule has 0 spiro atoms. The number of thiazole rings is 1. The number of hydrogen-bond acceptors (Lipinski definition) is 5. The third kappa shape index (κ3) is 4.30. The van der Waals surface area contributed by atoms with Crippen molar-refractivity contribution in [3.8, 4) is 17.0 Å². The van der Waals surface area contributed by atoms with Crippen LogP contribution in [0.25, 0.3) is 11.3 Å². The van der Waals surface area contributed by atoms with Crippen LogP contribution in [0.5, 0.6) is 5.75 Å². The highest BCUT2D eigenvalue weighted by molar-refractivity contribution is 7.14. The largest absolute Gasteiger partial charge is 0.494 e. The molecule has 1 aliphatic rings. The van der Waals surface area contributed by atoms with Gasteiger partial charge in [0.1, 0.15) is 5.75 Å². The first-order valence-electron chi connectivity index (χ1n) is 9.54. The van der Waals surface area contributed by atoms with E-state index in [4.69, 9.17) is 4.74 Å². The topological polar surface area (TPSA) is 71.5 Å². The van der Waals surface area contributed by atoms with Crippen molar-refractivity contribution in [3.05, 3.63) is 59.5 Å². The van der Waals surface area contributed by atoms with Crippen LogP contribution in [-0.4, -0.2) is 29.9 Å². The Labute approximate surface area is 173 Å². The molecule has 6 nitrogen and oxygen atoms in total. The first kappa shape index (κ1) is 19.1. The summed E-state index contributed by atoms with van der Waals surface area (Å²) in [7, 11) is 0. The molecule has 0 aliphatic carbocycles. The summed E-state index contributed by atoms with van der Waals surface area (Å²) < 4.78 is 5.45. The van der Waals surface area contributed by atoms with Crippen LogP contribution in [0.4, 0.5) is 10.8 Å². The van der Waals surface area contributed by atoms with Gasteiger partial charge in [-0.1, -0.05) is 0 Å². The van der Waals surface area contributed by atoms with E-state index in [2.05, 4.69) is 10.3 Å². The second kappa shape index (κ2) is 8.45. The fraction of sp³-hybridized carbons (Fsp3) is 0.227. The molecule has 0 bridgehead atoms. The normalized spacial score (nSPS) is 13.6. The van der Waals surface area contributed by atoms with E-state index in [1.807, 2.05) is 48.7 Å². The minimum atomic E-state index is -0.225. The van der Waals surface area contributed by atoms with Gasteiger partial charge in [-0.2, -0.15) is 0 Å². The van der Waals surface area contributed by atoms with Crippen molar-refractivity contribution in [1.29, 1.82) is 0 Å². The number of carbonyl (C=O) groups is 2. The van der Waals surface area contributed by atoms with Crippen molar-refractivity contribution in [1.82, 2.24) is 4.98 Å². The Kier molecular flexibility index (Phi) is 5.57. The van der Waals surface area contributed by atoms with Gasteiger partial charge in [0.05, 0.1) is 12.3 Å². The lowest BCUT2D eigenvalue weighted by molar-refractivity contribution is -0.117. The molecule has 0 unspecified atom stereocenters. The van der Waals surface area contributed by atoms with Crippen LogP contribution in [0.3, 0.4) is 0 Å². The van der Waals surface area contributed by atoms with E-state index < -0.39 is 0 Å². The lowest BCUT2D eigenvalue weighted by Crippen LogP contribution is -2.23. The summed E-state index contributed by atoms with van der Waals surface area (Å²) in [6, 6.07) is 14.8. The summed E-state index contributed by atoms with van der Waals surface area (Å²) >= 11 is 1.38. The van der Waals surface area contributed by atoms with Crippen LogP contribution in [0.1, 0.15) is 30.1 Å². The van der Waals surface area contributed by atoms with E-state index in [9.17, 15) is 9.59 Å².